The molecule has 1 unspecified atom stereocenters. The normalized spacial score (nSPS) is 13.4. The lowest BCUT2D eigenvalue weighted by atomic mass is 10.00. The van der Waals surface area contributed by atoms with Gasteiger partial charge < -0.3 is 5.32 Å². The fourth-order valence-electron chi connectivity index (χ4n) is 2.08. The average Bonchev–Trinajstić information content (AvgIpc) is 2.90. The maximum atomic E-state index is 13.3. The van der Waals surface area contributed by atoms with Gasteiger partial charge in [-0.1, -0.05) is 13.0 Å². The van der Waals surface area contributed by atoms with Crippen molar-refractivity contribution in [2.45, 2.75) is 25.6 Å². The van der Waals surface area contributed by atoms with E-state index in [9.17, 15) is 17.6 Å². The van der Waals surface area contributed by atoms with Gasteiger partial charge in [-0.25, -0.2) is 4.39 Å². The second kappa shape index (κ2) is 6.53. The Morgan fingerprint density at radius 1 is 1.33 bits per heavy atom. The summed E-state index contributed by atoms with van der Waals surface area (Å²) in [7, 11) is 0. The smallest absolute Gasteiger partial charge is 0.310 e. The van der Waals surface area contributed by atoms with E-state index in [-0.39, 0.29) is 6.04 Å². The van der Waals surface area contributed by atoms with Crippen LogP contribution in [0, 0.1) is 5.82 Å². The fourth-order valence-corrected chi connectivity index (χ4v) is 2.72. The van der Waals surface area contributed by atoms with Gasteiger partial charge in [0.1, 0.15) is 5.82 Å². The van der Waals surface area contributed by atoms with Crippen molar-refractivity contribution in [3.63, 3.8) is 0 Å². The van der Waals surface area contributed by atoms with E-state index in [4.69, 9.17) is 0 Å². The van der Waals surface area contributed by atoms with Crippen LogP contribution in [0.2, 0.25) is 0 Å². The monoisotopic (exact) mass is 318 g/mol. The molecule has 2 aromatic rings. The number of nitrogens with zero attached hydrogens (tertiary/aromatic N) is 1. The first-order valence-electron chi connectivity index (χ1n) is 6.39. The van der Waals surface area contributed by atoms with Gasteiger partial charge in [0, 0.05) is 23.5 Å². The van der Waals surface area contributed by atoms with Gasteiger partial charge in [0.2, 0.25) is 0 Å². The highest BCUT2D eigenvalue weighted by Gasteiger charge is 2.34. The average molecular weight is 318 g/mol. The van der Waals surface area contributed by atoms with Gasteiger partial charge >= 0.3 is 6.18 Å². The molecule has 21 heavy (non-hydrogen) atoms. The van der Waals surface area contributed by atoms with Crippen molar-refractivity contribution < 1.29 is 17.6 Å². The summed E-state index contributed by atoms with van der Waals surface area (Å²) in [6.45, 7) is 2.47. The SMILES string of the molecule is CCNC(Cc1cncs1)c1ccc(F)c(C(F)(F)F)c1. The molecule has 1 heterocycles. The van der Waals surface area contributed by atoms with E-state index in [1.54, 1.807) is 11.7 Å². The lowest BCUT2D eigenvalue weighted by Crippen LogP contribution is -2.23. The summed E-state index contributed by atoms with van der Waals surface area (Å²) in [5, 5.41) is 3.12. The van der Waals surface area contributed by atoms with Crippen molar-refractivity contribution in [1.82, 2.24) is 10.3 Å². The van der Waals surface area contributed by atoms with Crippen LogP contribution in [0.3, 0.4) is 0 Å². The van der Waals surface area contributed by atoms with E-state index < -0.39 is 17.6 Å². The highest BCUT2D eigenvalue weighted by molar-refractivity contribution is 7.09. The summed E-state index contributed by atoms with van der Waals surface area (Å²) >= 11 is 1.44. The zero-order valence-corrected chi connectivity index (χ0v) is 12.1. The number of benzene rings is 1. The summed E-state index contributed by atoms with van der Waals surface area (Å²) in [5.74, 6) is -1.25. The minimum Gasteiger partial charge on any atom is -0.310 e. The van der Waals surface area contributed by atoms with E-state index >= 15 is 0 Å². The van der Waals surface area contributed by atoms with E-state index in [1.807, 2.05) is 6.92 Å². The Morgan fingerprint density at radius 2 is 2.10 bits per heavy atom. The number of halogens is 4. The van der Waals surface area contributed by atoms with Crippen LogP contribution in [-0.4, -0.2) is 11.5 Å². The van der Waals surface area contributed by atoms with Gasteiger partial charge in [-0.15, -0.1) is 11.3 Å². The second-order valence-corrected chi connectivity index (χ2v) is 5.49. The Labute approximate surface area is 123 Å². The highest BCUT2D eigenvalue weighted by atomic mass is 32.1. The standard InChI is InChI=1S/C14H14F4N2S/c1-2-20-13(6-10-7-19-8-21-10)9-3-4-12(15)11(5-9)14(16,17)18/h3-5,7-8,13,20H,2,6H2,1H3. The molecule has 0 aliphatic heterocycles. The summed E-state index contributed by atoms with van der Waals surface area (Å²) in [4.78, 5) is 4.91. The minimum absolute atomic E-state index is 0.308. The quantitative estimate of drug-likeness (QED) is 0.836. The van der Waals surface area contributed by atoms with E-state index in [1.165, 1.54) is 17.4 Å². The number of nitrogens with one attached hydrogen (secondary N) is 1. The molecule has 1 aromatic carbocycles. The van der Waals surface area contributed by atoms with Crippen LogP contribution in [0.15, 0.2) is 29.9 Å². The Hall–Kier alpha value is -1.47. The predicted molar refractivity (Wildman–Crippen MR) is 73.6 cm³/mol. The van der Waals surface area contributed by atoms with Crippen LogP contribution < -0.4 is 5.32 Å². The van der Waals surface area contributed by atoms with Crippen LogP contribution in [0.25, 0.3) is 0 Å². The topological polar surface area (TPSA) is 24.9 Å². The van der Waals surface area contributed by atoms with Gasteiger partial charge in [0.05, 0.1) is 11.1 Å². The fraction of sp³-hybridized carbons (Fsp3) is 0.357. The molecule has 7 heteroatoms. The number of rotatable bonds is 5. The Balaban J connectivity index is 2.32. The van der Waals surface area contributed by atoms with Gasteiger partial charge in [0.25, 0.3) is 0 Å². The number of hydrogen-bond donors (Lipinski definition) is 1. The van der Waals surface area contributed by atoms with Crippen molar-refractivity contribution in [2.75, 3.05) is 6.54 Å². The first-order valence-corrected chi connectivity index (χ1v) is 7.27. The molecule has 1 N–H and O–H groups in total. The molecule has 0 spiro atoms. The first kappa shape index (κ1) is 15.9. The summed E-state index contributed by atoms with van der Waals surface area (Å²) in [5.41, 5.74) is 0.857. The third kappa shape index (κ3) is 4.01. The molecule has 0 amide bonds. The van der Waals surface area contributed by atoms with Crippen molar-refractivity contribution in [2.24, 2.45) is 0 Å². The minimum atomic E-state index is -4.69. The predicted octanol–water partition coefficient (Wildman–Crippen LogP) is 4.19. The van der Waals surface area contributed by atoms with Gasteiger partial charge in [-0.05, 0) is 24.2 Å². The summed E-state index contributed by atoms with van der Waals surface area (Å²) < 4.78 is 51.7. The molecule has 1 atom stereocenters. The van der Waals surface area contributed by atoms with Crippen molar-refractivity contribution in [3.8, 4) is 0 Å². The maximum absolute atomic E-state index is 13.3. The molecule has 2 rings (SSSR count). The Kier molecular flexibility index (Phi) is 4.95. The first-order chi connectivity index (χ1) is 9.91. The van der Waals surface area contributed by atoms with E-state index in [0.29, 0.717) is 18.5 Å². The molecule has 2 nitrogen and oxygen atoms in total. The van der Waals surface area contributed by atoms with Crippen LogP contribution in [0.1, 0.15) is 29.0 Å². The lowest BCUT2D eigenvalue weighted by molar-refractivity contribution is -0.140. The molecule has 1 aromatic heterocycles. The molecule has 0 saturated heterocycles. The van der Waals surface area contributed by atoms with Crippen LogP contribution >= 0.6 is 11.3 Å². The van der Waals surface area contributed by atoms with E-state index in [0.717, 1.165) is 17.0 Å². The van der Waals surface area contributed by atoms with Crippen molar-refractivity contribution in [3.05, 3.63) is 51.7 Å². The number of aromatic nitrogens is 1. The number of thiazole rings is 1. The largest absolute Gasteiger partial charge is 0.419 e. The van der Waals surface area contributed by atoms with Crippen molar-refractivity contribution >= 4 is 11.3 Å². The molecule has 0 radical (unpaired) electrons. The van der Waals surface area contributed by atoms with Crippen LogP contribution in [0.5, 0.6) is 0 Å². The molecule has 0 saturated carbocycles. The number of hydrogen-bond acceptors (Lipinski definition) is 3. The van der Waals surface area contributed by atoms with Crippen LogP contribution in [0.4, 0.5) is 17.6 Å². The van der Waals surface area contributed by atoms with Crippen LogP contribution in [-0.2, 0) is 12.6 Å². The zero-order valence-electron chi connectivity index (χ0n) is 11.2. The molecular weight excluding hydrogens is 304 g/mol. The molecule has 114 valence electrons. The summed E-state index contributed by atoms with van der Waals surface area (Å²) in [6.07, 6.45) is -2.49. The van der Waals surface area contributed by atoms with Gasteiger partial charge in [-0.3, -0.25) is 4.98 Å². The number of alkyl halides is 3. The van der Waals surface area contributed by atoms with Crippen molar-refractivity contribution in [1.29, 1.82) is 0 Å². The third-order valence-corrected chi connectivity index (χ3v) is 3.84. The molecule has 0 aliphatic rings. The number of likely N-dealkylation sites (N-methyl/N-ethyl adjacent to an activating group) is 1. The van der Waals surface area contributed by atoms with E-state index in [2.05, 4.69) is 10.3 Å². The summed E-state index contributed by atoms with van der Waals surface area (Å²) in [6, 6.07) is 2.83. The molecule has 0 bridgehead atoms. The highest BCUT2D eigenvalue weighted by Crippen LogP contribution is 2.33. The zero-order chi connectivity index (χ0) is 15.5. The van der Waals surface area contributed by atoms with Gasteiger partial charge in [0.15, 0.2) is 0 Å². The lowest BCUT2D eigenvalue weighted by Gasteiger charge is -2.19. The molecule has 0 fully saturated rings. The molecule has 0 aliphatic carbocycles. The maximum Gasteiger partial charge on any atom is 0.419 e. The Morgan fingerprint density at radius 3 is 2.67 bits per heavy atom. The van der Waals surface area contributed by atoms with Gasteiger partial charge in [-0.2, -0.15) is 13.2 Å². The Bertz CT molecular complexity index is 581. The second-order valence-electron chi connectivity index (χ2n) is 4.52. The molecular formula is C14H14F4N2S. The third-order valence-electron chi connectivity index (χ3n) is 3.04.